The van der Waals surface area contributed by atoms with Crippen LogP contribution in [0.3, 0.4) is 0 Å². The Balaban J connectivity index is 1.50. The third kappa shape index (κ3) is 2.72. The van der Waals surface area contributed by atoms with Gasteiger partial charge in [-0.25, -0.2) is 4.68 Å². The third-order valence-corrected chi connectivity index (χ3v) is 6.45. The van der Waals surface area contributed by atoms with Crippen molar-refractivity contribution in [1.29, 1.82) is 0 Å². The molecule has 3 heterocycles. The molecule has 2 aliphatic rings. The molecule has 2 aliphatic heterocycles. The Bertz CT molecular complexity index is 638. The molecule has 114 valence electrons. The summed E-state index contributed by atoms with van der Waals surface area (Å²) >= 11 is 2.13. The van der Waals surface area contributed by atoms with Crippen LogP contribution in [0.15, 0.2) is 42.7 Å². The third-order valence-electron chi connectivity index (χ3n) is 4.82. The fourth-order valence-electron chi connectivity index (χ4n) is 3.71. The van der Waals surface area contributed by atoms with E-state index in [9.17, 15) is 4.79 Å². The summed E-state index contributed by atoms with van der Waals surface area (Å²) in [6, 6.07) is 9.78. The van der Waals surface area contributed by atoms with E-state index in [2.05, 4.69) is 16.9 Å². The van der Waals surface area contributed by atoms with Gasteiger partial charge < -0.3 is 0 Å². The lowest BCUT2D eigenvalue weighted by Gasteiger charge is -2.37. The maximum atomic E-state index is 12.8. The molecular weight excluding hydrogens is 292 g/mol. The summed E-state index contributed by atoms with van der Waals surface area (Å²) in [5.41, 5.74) is 1.85. The highest BCUT2D eigenvalue weighted by molar-refractivity contribution is 8.00. The smallest absolute Gasteiger partial charge is 0.166 e. The average molecular weight is 312 g/mol. The van der Waals surface area contributed by atoms with Gasteiger partial charge >= 0.3 is 0 Å². The van der Waals surface area contributed by atoms with Gasteiger partial charge in [-0.05, 0) is 56.0 Å². The number of rotatable bonds is 3. The minimum absolute atomic E-state index is 0.229. The van der Waals surface area contributed by atoms with Gasteiger partial charge in [-0.1, -0.05) is 6.42 Å². The van der Waals surface area contributed by atoms with Crippen LogP contribution in [-0.4, -0.2) is 26.1 Å². The highest BCUT2D eigenvalue weighted by Crippen LogP contribution is 2.44. The number of Topliss-reactive ketones (excluding diaryl/α,β-unsaturated/α-hetero) is 1. The molecule has 3 nitrogen and oxygen atoms in total. The number of fused-ring (bicyclic) bond motifs is 2. The first-order chi connectivity index (χ1) is 10.8. The Kier molecular flexibility index (Phi) is 3.78. The fourth-order valence-corrected chi connectivity index (χ4v) is 5.55. The van der Waals surface area contributed by atoms with Crippen molar-refractivity contribution < 1.29 is 4.79 Å². The van der Waals surface area contributed by atoms with Gasteiger partial charge in [0, 0.05) is 34.4 Å². The molecular formula is C18H20N2OS. The van der Waals surface area contributed by atoms with E-state index >= 15 is 0 Å². The van der Waals surface area contributed by atoms with Crippen LogP contribution in [0.25, 0.3) is 5.69 Å². The summed E-state index contributed by atoms with van der Waals surface area (Å²) in [6.45, 7) is 0. The van der Waals surface area contributed by atoms with Crippen LogP contribution in [0.5, 0.6) is 0 Å². The molecule has 2 unspecified atom stereocenters. The monoisotopic (exact) mass is 312 g/mol. The van der Waals surface area contributed by atoms with Gasteiger partial charge in [0.15, 0.2) is 5.78 Å². The van der Waals surface area contributed by atoms with E-state index in [1.165, 1.54) is 19.3 Å². The van der Waals surface area contributed by atoms with Gasteiger partial charge in [-0.15, -0.1) is 0 Å². The highest BCUT2D eigenvalue weighted by atomic mass is 32.2. The van der Waals surface area contributed by atoms with Crippen LogP contribution >= 0.6 is 11.8 Å². The summed E-state index contributed by atoms with van der Waals surface area (Å²) in [5, 5.41) is 5.64. The van der Waals surface area contributed by atoms with E-state index in [1.54, 1.807) is 6.20 Å². The van der Waals surface area contributed by atoms with Crippen LogP contribution in [0.1, 0.15) is 42.5 Å². The van der Waals surface area contributed by atoms with Crippen molar-refractivity contribution >= 4 is 17.5 Å². The van der Waals surface area contributed by atoms with Gasteiger partial charge in [0.2, 0.25) is 0 Å². The fraction of sp³-hybridized carbons (Fsp3) is 0.444. The van der Waals surface area contributed by atoms with Crippen LogP contribution in [0.2, 0.25) is 0 Å². The van der Waals surface area contributed by atoms with Gasteiger partial charge in [0.25, 0.3) is 0 Å². The number of ketones is 1. The second-order valence-corrected chi connectivity index (χ2v) is 7.95. The number of carbonyl (C=O) groups excluding carboxylic acids is 1. The molecule has 2 saturated heterocycles. The molecule has 2 bridgehead atoms. The number of aromatic nitrogens is 2. The number of nitrogens with zero attached hydrogens (tertiary/aromatic N) is 2. The molecule has 4 rings (SSSR count). The lowest BCUT2D eigenvalue weighted by Crippen LogP contribution is -2.32. The zero-order chi connectivity index (χ0) is 14.9. The summed E-state index contributed by atoms with van der Waals surface area (Å²) in [4.78, 5) is 12.8. The Morgan fingerprint density at radius 3 is 2.50 bits per heavy atom. The van der Waals surface area contributed by atoms with Crippen LogP contribution in [-0.2, 0) is 0 Å². The first kappa shape index (κ1) is 14.1. The maximum absolute atomic E-state index is 12.8. The molecule has 0 amide bonds. The van der Waals surface area contributed by atoms with Crippen molar-refractivity contribution in [2.45, 2.75) is 42.6 Å². The maximum Gasteiger partial charge on any atom is 0.166 e. The summed E-state index contributed by atoms with van der Waals surface area (Å²) in [6.07, 6.45) is 9.75. The largest absolute Gasteiger partial charge is 0.294 e. The highest BCUT2D eigenvalue weighted by Gasteiger charge is 2.35. The Hall–Kier alpha value is -1.55. The number of carbonyl (C=O) groups is 1. The number of thioether (sulfide) groups is 1. The quantitative estimate of drug-likeness (QED) is 0.800. The van der Waals surface area contributed by atoms with Crippen molar-refractivity contribution in [3.63, 3.8) is 0 Å². The second-order valence-electron chi connectivity index (χ2n) is 6.34. The topological polar surface area (TPSA) is 34.9 Å². The lowest BCUT2D eigenvalue weighted by molar-refractivity contribution is 0.0896. The van der Waals surface area contributed by atoms with E-state index in [0.29, 0.717) is 16.3 Å². The molecule has 0 spiro atoms. The molecule has 22 heavy (non-hydrogen) atoms. The summed E-state index contributed by atoms with van der Waals surface area (Å²) < 4.78 is 1.82. The molecule has 4 heteroatoms. The Morgan fingerprint density at radius 2 is 1.86 bits per heavy atom. The van der Waals surface area contributed by atoms with E-state index < -0.39 is 0 Å². The second kappa shape index (κ2) is 5.92. The molecule has 2 fully saturated rings. The van der Waals surface area contributed by atoms with Crippen molar-refractivity contribution in [2.75, 3.05) is 0 Å². The Labute approximate surface area is 135 Å². The lowest BCUT2D eigenvalue weighted by atomic mass is 9.84. The van der Waals surface area contributed by atoms with Crippen molar-refractivity contribution in [3.8, 4) is 5.69 Å². The molecule has 1 aromatic heterocycles. The summed E-state index contributed by atoms with van der Waals surface area (Å²) in [7, 11) is 0. The molecule has 0 radical (unpaired) electrons. The predicted molar refractivity (Wildman–Crippen MR) is 89.6 cm³/mol. The van der Waals surface area contributed by atoms with Crippen LogP contribution in [0.4, 0.5) is 0 Å². The van der Waals surface area contributed by atoms with Crippen molar-refractivity contribution in [1.82, 2.24) is 9.78 Å². The standard InChI is InChI=1S/C18H20N2OS/c21-18(14-11-16-3-1-4-17(12-14)22-16)13-5-7-15(8-6-13)20-10-2-9-19-20/h2,5-10,14,16-17H,1,3-4,11-12H2. The summed E-state index contributed by atoms with van der Waals surface area (Å²) in [5.74, 6) is 0.566. The SMILES string of the molecule is O=C(c1ccc(-n2cccn2)cc1)C1CC2CCCC(C1)S2. The molecule has 0 N–H and O–H groups in total. The molecule has 2 atom stereocenters. The van der Waals surface area contributed by atoms with Crippen molar-refractivity contribution in [2.24, 2.45) is 5.92 Å². The zero-order valence-corrected chi connectivity index (χ0v) is 13.3. The minimum atomic E-state index is 0.229. The average Bonchev–Trinajstić information content (AvgIpc) is 3.08. The van der Waals surface area contributed by atoms with Crippen molar-refractivity contribution in [3.05, 3.63) is 48.3 Å². The molecule has 2 aromatic rings. The van der Waals surface area contributed by atoms with E-state index in [4.69, 9.17) is 0 Å². The zero-order valence-electron chi connectivity index (χ0n) is 12.5. The Morgan fingerprint density at radius 1 is 1.14 bits per heavy atom. The van der Waals surface area contributed by atoms with E-state index in [-0.39, 0.29) is 5.92 Å². The first-order valence-corrected chi connectivity index (χ1v) is 9.03. The number of hydrogen-bond acceptors (Lipinski definition) is 3. The normalized spacial score (nSPS) is 27.5. The van der Waals surface area contributed by atoms with E-state index in [0.717, 1.165) is 24.1 Å². The van der Waals surface area contributed by atoms with Gasteiger partial charge in [0.05, 0.1) is 5.69 Å². The van der Waals surface area contributed by atoms with E-state index in [1.807, 2.05) is 41.2 Å². The molecule has 0 aliphatic carbocycles. The number of benzene rings is 1. The molecule has 0 saturated carbocycles. The first-order valence-electron chi connectivity index (χ1n) is 8.09. The van der Waals surface area contributed by atoms with Gasteiger partial charge in [-0.2, -0.15) is 16.9 Å². The minimum Gasteiger partial charge on any atom is -0.294 e. The molecule has 1 aromatic carbocycles. The number of hydrogen-bond donors (Lipinski definition) is 0. The van der Waals surface area contributed by atoms with Gasteiger partial charge in [0.1, 0.15) is 0 Å². The van der Waals surface area contributed by atoms with Gasteiger partial charge in [-0.3, -0.25) is 4.79 Å². The van der Waals surface area contributed by atoms with Crippen LogP contribution in [0, 0.1) is 5.92 Å². The van der Waals surface area contributed by atoms with Crippen LogP contribution < -0.4 is 0 Å². The predicted octanol–water partition coefficient (Wildman–Crippen LogP) is 4.12.